The minimum atomic E-state index is 0.0837. The van der Waals surface area contributed by atoms with Crippen molar-refractivity contribution in [2.75, 3.05) is 18.1 Å². The Bertz CT molecular complexity index is 382. The molecule has 1 aromatic rings. The molecule has 0 saturated carbocycles. The highest BCUT2D eigenvalue weighted by Gasteiger charge is 2.08. The maximum Gasteiger partial charge on any atom is 0.224 e. The Morgan fingerprint density at radius 1 is 1.39 bits per heavy atom. The first-order valence-corrected chi connectivity index (χ1v) is 7.52. The van der Waals surface area contributed by atoms with Gasteiger partial charge in [0.05, 0.1) is 5.69 Å². The van der Waals surface area contributed by atoms with Crippen LogP contribution in [0.15, 0.2) is 29.2 Å². The van der Waals surface area contributed by atoms with E-state index < -0.39 is 0 Å². The number of amides is 1. The molecular formula is C14H22N2OS. The minimum Gasteiger partial charge on any atom is -0.330 e. The van der Waals surface area contributed by atoms with Crippen molar-refractivity contribution in [2.24, 2.45) is 11.7 Å². The maximum atomic E-state index is 11.8. The molecule has 1 rings (SSSR count). The van der Waals surface area contributed by atoms with Crippen LogP contribution in [0.5, 0.6) is 0 Å². The third kappa shape index (κ3) is 5.10. The largest absolute Gasteiger partial charge is 0.330 e. The SMILES string of the molecule is CSc1ccccc1NC(=O)CCC(C)CCN. The lowest BCUT2D eigenvalue weighted by atomic mass is 10.0. The molecule has 0 aliphatic rings. The van der Waals surface area contributed by atoms with E-state index in [1.54, 1.807) is 11.8 Å². The van der Waals surface area contributed by atoms with E-state index in [9.17, 15) is 4.79 Å². The average molecular weight is 266 g/mol. The summed E-state index contributed by atoms with van der Waals surface area (Å²) in [4.78, 5) is 12.9. The van der Waals surface area contributed by atoms with Gasteiger partial charge in [0.25, 0.3) is 0 Å². The zero-order chi connectivity index (χ0) is 13.4. The molecule has 0 radical (unpaired) electrons. The van der Waals surface area contributed by atoms with E-state index in [1.807, 2.05) is 30.5 Å². The van der Waals surface area contributed by atoms with Crippen LogP contribution >= 0.6 is 11.8 Å². The van der Waals surface area contributed by atoms with Crippen LogP contribution in [0.1, 0.15) is 26.2 Å². The number of para-hydroxylation sites is 1. The minimum absolute atomic E-state index is 0.0837. The van der Waals surface area contributed by atoms with Crippen molar-refractivity contribution >= 4 is 23.4 Å². The number of nitrogens with one attached hydrogen (secondary N) is 1. The summed E-state index contributed by atoms with van der Waals surface area (Å²) in [6.07, 6.45) is 4.44. The van der Waals surface area contributed by atoms with Crippen LogP contribution in [-0.2, 0) is 4.79 Å². The summed E-state index contributed by atoms with van der Waals surface area (Å²) in [5, 5.41) is 2.97. The van der Waals surface area contributed by atoms with Gasteiger partial charge in [0.2, 0.25) is 5.91 Å². The molecular weight excluding hydrogens is 244 g/mol. The zero-order valence-corrected chi connectivity index (χ0v) is 11.9. The average Bonchev–Trinajstić information content (AvgIpc) is 2.37. The summed E-state index contributed by atoms with van der Waals surface area (Å²) >= 11 is 1.64. The van der Waals surface area contributed by atoms with Gasteiger partial charge in [0.1, 0.15) is 0 Å². The number of rotatable bonds is 7. The first-order valence-electron chi connectivity index (χ1n) is 6.30. The molecule has 1 unspecified atom stereocenters. The van der Waals surface area contributed by atoms with Crippen LogP contribution in [0.4, 0.5) is 5.69 Å². The zero-order valence-electron chi connectivity index (χ0n) is 11.1. The Hall–Kier alpha value is -1.00. The van der Waals surface area contributed by atoms with Crippen molar-refractivity contribution in [3.05, 3.63) is 24.3 Å². The standard InChI is InChI=1S/C14H22N2OS/c1-11(9-10-15)7-8-14(17)16-12-5-3-4-6-13(12)18-2/h3-6,11H,7-10,15H2,1-2H3,(H,16,17). The fourth-order valence-electron chi connectivity index (χ4n) is 1.77. The molecule has 0 fully saturated rings. The van der Waals surface area contributed by atoms with Crippen molar-refractivity contribution in [1.29, 1.82) is 0 Å². The van der Waals surface area contributed by atoms with E-state index in [0.29, 0.717) is 18.9 Å². The predicted octanol–water partition coefficient (Wildman–Crippen LogP) is 3.11. The molecule has 0 aromatic heterocycles. The summed E-state index contributed by atoms with van der Waals surface area (Å²) in [7, 11) is 0. The lowest BCUT2D eigenvalue weighted by Crippen LogP contribution is -2.14. The number of anilines is 1. The molecule has 100 valence electrons. The second-order valence-electron chi connectivity index (χ2n) is 4.47. The number of hydrogen-bond acceptors (Lipinski definition) is 3. The van der Waals surface area contributed by atoms with E-state index in [-0.39, 0.29) is 5.91 Å². The van der Waals surface area contributed by atoms with Gasteiger partial charge in [-0.25, -0.2) is 0 Å². The number of nitrogens with two attached hydrogens (primary N) is 1. The molecule has 1 amide bonds. The number of hydrogen-bond donors (Lipinski definition) is 2. The summed E-state index contributed by atoms with van der Waals surface area (Å²) in [5.41, 5.74) is 6.40. The van der Waals surface area contributed by atoms with Gasteiger partial charge in [-0.05, 0) is 43.7 Å². The van der Waals surface area contributed by atoms with Crippen molar-refractivity contribution in [3.63, 3.8) is 0 Å². The van der Waals surface area contributed by atoms with Gasteiger partial charge >= 0.3 is 0 Å². The van der Waals surface area contributed by atoms with Crippen molar-refractivity contribution < 1.29 is 4.79 Å². The van der Waals surface area contributed by atoms with Crippen LogP contribution in [0, 0.1) is 5.92 Å². The molecule has 0 saturated heterocycles. The van der Waals surface area contributed by atoms with Crippen LogP contribution in [0.3, 0.4) is 0 Å². The predicted molar refractivity (Wildman–Crippen MR) is 78.9 cm³/mol. The van der Waals surface area contributed by atoms with Crippen LogP contribution in [0.25, 0.3) is 0 Å². The molecule has 0 aliphatic carbocycles. The first kappa shape index (κ1) is 15.1. The van der Waals surface area contributed by atoms with Crippen LogP contribution < -0.4 is 11.1 Å². The van der Waals surface area contributed by atoms with Crippen molar-refractivity contribution in [3.8, 4) is 0 Å². The Kier molecular flexibility index (Phi) is 6.83. The second kappa shape index (κ2) is 8.16. The third-order valence-electron chi connectivity index (χ3n) is 2.90. The molecule has 0 bridgehead atoms. The monoisotopic (exact) mass is 266 g/mol. The summed E-state index contributed by atoms with van der Waals surface area (Å²) in [6.45, 7) is 2.83. The number of thioether (sulfide) groups is 1. The van der Waals surface area contributed by atoms with E-state index in [4.69, 9.17) is 5.73 Å². The topological polar surface area (TPSA) is 55.1 Å². The second-order valence-corrected chi connectivity index (χ2v) is 5.32. The summed E-state index contributed by atoms with van der Waals surface area (Å²) in [6, 6.07) is 7.86. The maximum absolute atomic E-state index is 11.8. The lowest BCUT2D eigenvalue weighted by molar-refractivity contribution is -0.116. The van der Waals surface area contributed by atoms with E-state index in [0.717, 1.165) is 23.4 Å². The van der Waals surface area contributed by atoms with Gasteiger partial charge in [-0.1, -0.05) is 19.1 Å². The molecule has 0 heterocycles. The number of carbonyl (C=O) groups excluding carboxylic acids is 1. The molecule has 3 nitrogen and oxygen atoms in total. The van der Waals surface area contributed by atoms with E-state index >= 15 is 0 Å². The normalized spacial score (nSPS) is 12.2. The molecule has 18 heavy (non-hydrogen) atoms. The van der Waals surface area contributed by atoms with Crippen LogP contribution in [0.2, 0.25) is 0 Å². The van der Waals surface area contributed by atoms with Crippen molar-refractivity contribution in [2.45, 2.75) is 31.1 Å². The smallest absolute Gasteiger partial charge is 0.224 e. The molecule has 1 aromatic carbocycles. The molecule has 4 heteroatoms. The molecule has 3 N–H and O–H groups in total. The van der Waals surface area contributed by atoms with Gasteiger partial charge in [-0.15, -0.1) is 11.8 Å². The lowest BCUT2D eigenvalue weighted by Gasteiger charge is -2.11. The highest BCUT2D eigenvalue weighted by molar-refractivity contribution is 7.98. The Morgan fingerprint density at radius 3 is 2.78 bits per heavy atom. The quantitative estimate of drug-likeness (QED) is 0.746. The van der Waals surface area contributed by atoms with Crippen molar-refractivity contribution in [1.82, 2.24) is 0 Å². The summed E-state index contributed by atoms with van der Waals surface area (Å²) < 4.78 is 0. The van der Waals surface area contributed by atoms with Gasteiger partial charge in [0, 0.05) is 11.3 Å². The van der Waals surface area contributed by atoms with Gasteiger partial charge < -0.3 is 11.1 Å². The third-order valence-corrected chi connectivity index (χ3v) is 3.70. The van der Waals surface area contributed by atoms with Gasteiger partial charge in [-0.3, -0.25) is 4.79 Å². The highest BCUT2D eigenvalue weighted by Crippen LogP contribution is 2.24. The Morgan fingerprint density at radius 2 is 2.11 bits per heavy atom. The van der Waals surface area contributed by atoms with Gasteiger partial charge in [-0.2, -0.15) is 0 Å². The highest BCUT2D eigenvalue weighted by atomic mass is 32.2. The number of carbonyl (C=O) groups is 1. The molecule has 0 aliphatic heterocycles. The van der Waals surface area contributed by atoms with E-state index in [2.05, 4.69) is 12.2 Å². The van der Waals surface area contributed by atoms with Gasteiger partial charge in [0.15, 0.2) is 0 Å². The molecule has 0 spiro atoms. The number of benzene rings is 1. The van der Waals surface area contributed by atoms with E-state index in [1.165, 1.54) is 0 Å². The fraction of sp³-hybridized carbons (Fsp3) is 0.500. The molecule has 1 atom stereocenters. The fourth-order valence-corrected chi connectivity index (χ4v) is 2.32. The Balaban J connectivity index is 2.44. The van der Waals surface area contributed by atoms with Crippen LogP contribution in [-0.4, -0.2) is 18.7 Å². The summed E-state index contributed by atoms with van der Waals surface area (Å²) in [5.74, 6) is 0.594. The Labute approximate surface area is 114 Å². The first-order chi connectivity index (χ1) is 8.67.